The molecule has 2 heterocycles. The van der Waals surface area contributed by atoms with Gasteiger partial charge in [-0.05, 0) is 59.9 Å². The van der Waals surface area contributed by atoms with E-state index in [-0.39, 0.29) is 35.9 Å². The number of likely N-dealkylation sites (tertiary alicyclic amines) is 1. The second kappa shape index (κ2) is 9.64. The van der Waals surface area contributed by atoms with E-state index < -0.39 is 45.2 Å². The van der Waals surface area contributed by atoms with Crippen LogP contribution in [-0.2, 0) is 19.2 Å². The smallest absolute Gasteiger partial charge is 0.254 e. The molecular weight excluding hydrogens is 711 g/mol. The summed E-state index contributed by atoms with van der Waals surface area (Å²) in [5, 5.41) is 12.8. The van der Waals surface area contributed by atoms with E-state index >= 15 is 0 Å². The van der Waals surface area contributed by atoms with Crippen molar-refractivity contribution in [1.82, 2.24) is 4.90 Å². The molecule has 3 aromatic rings. The zero-order valence-corrected chi connectivity index (χ0v) is 26.5. The highest BCUT2D eigenvalue weighted by molar-refractivity contribution is 9.10. The van der Waals surface area contributed by atoms with Crippen molar-refractivity contribution in [2.45, 2.75) is 28.5 Å². The number of phenolic OH excluding ortho intramolecular Hbond substituents is 1. The van der Waals surface area contributed by atoms with Gasteiger partial charge in [-0.15, -0.1) is 23.2 Å². The lowest BCUT2D eigenvalue weighted by Crippen LogP contribution is -2.60. The number of fused-ring (bicyclic) bond motifs is 5. The van der Waals surface area contributed by atoms with Crippen molar-refractivity contribution in [3.8, 4) is 5.75 Å². The zero-order chi connectivity index (χ0) is 29.7. The van der Waals surface area contributed by atoms with Gasteiger partial charge in [0.15, 0.2) is 9.75 Å². The molecule has 0 bridgehead atoms. The Kier molecular flexibility index (Phi) is 6.45. The lowest BCUT2D eigenvalue weighted by atomic mass is 9.56. The van der Waals surface area contributed by atoms with E-state index in [4.69, 9.17) is 23.2 Å². The predicted octanol–water partition coefficient (Wildman–Crippen LogP) is 6.22. The number of hydrogen-bond acceptors (Lipinski definition) is 5. The highest BCUT2D eigenvalue weighted by Gasteiger charge is 2.76. The molecule has 1 saturated carbocycles. The average Bonchev–Trinajstić information content (AvgIpc) is 3.32. The van der Waals surface area contributed by atoms with Gasteiger partial charge in [0.05, 0.1) is 23.0 Å². The van der Waals surface area contributed by atoms with Crippen LogP contribution in [0, 0.1) is 17.8 Å². The standard InChI is InChI=1S/C31H22Br2Cl2N2O5/c32-14-36-28(41)30(34)13-21-19(10-11-20-23(21)27(40)37(26(20)39)17-8-6-16(33)7-9-17)25(31(30,35)29(36)42)24-18-4-2-1-3-15(18)5-12-22(24)38/h1-10,12,20-21,23,25,38H,11,13-14H2. The lowest BCUT2D eigenvalue weighted by molar-refractivity contribution is -0.138. The number of halogens is 4. The first-order chi connectivity index (χ1) is 20.0. The maximum absolute atomic E-state index is 14.1. The van der Waals surface area contributed by atoms with Crippen LogP contribution >= 0.6 is 55.1 Å². The quantitative estimate of drug-likeness (QED) is 0.149. The molecule has 4 amide bonds. The number of hydrogen-bond donors (Lipinski definition) is 1. The van der Waals surface area contributed by atoms with Gasteiger partial charge in [0, 0.05) is 16.0 Å². The summed E-state index contributed by atoms with van der Waals surface area (Å²) in [6, 6.07) is 17.6. The van der Waals surface area contributed by atoms with Gasteiger partial charge in [0.25, 0.3) is 11.8 Å². The van der Waals surface area contributed by atoms with Crippen LogP contribution < -0.4 is 4.90 Å². The highest BCUT2D eigenvalue weighted by Crippen LogP contribution is 2.66. The molecule has 214 valence electrons. The molecule has 0 aromatic heterocycles. The monoisotopic (exact) mass is 730 g/mol. The third kappa shape index (κ3) is 3.51. The molecule has 3 aromatic carbocycles. The van der Waals surface area contributed by atoms with E-state index in [1.165, 1.54) is 11.0 Å². The first-order valence-electron chi connectivity index (χ1n) is 13.4. The van der Waals surface area contributed by atoms with E-state index in [1.807, 2.05) is 30.3 Å². The van der Waals surface area contributed by atoms with Crippen LogP contribution in [0.3, 0.4) is 0 Å². The fraction of sp³-hybridized carbons (Fsp3) is 0.290. The van der Waals surface area contributed by atoms with Crippen LogP contribution in [0.25, 0.3) is 10.8 Å². The molecular formula is C31H22Br2Cl2N2O5. The second-order valence-corrected chi connectivity index (χ2v) is 13.9. The van der Waals surface area contributed by atoms with Gasteiger partial charge in [-0.1, -0.05) is 73.8 Å². The summed E-state index contributed by atoms with van der Waals surface area (Å²) in [6.45, 7) is 0. The maximum atomic E-state index is 14.1. The normalized spacial score (nSPS) is 32.2. The Labute approximate surface area is 267 Å². The minimum absolute atomic E-state index is 0.107. The van der Waals surface area contributed by atoms with E-state index in [1.54, 1.807) is 30.3 Å². The number of carbonyl (C=O) groups excluding carboxylic acids is 4. The molecule has 2 saturated heterocycles. The number of carbonyl (C=O) groups is 4. The molecule has 2 aliphatic heterocycles. The summed E-state index contributed by atoms with van der Waals surface area (Å²) < 4.78 is 0.806. The van der Waals surface area contributed by atoms with Crippen LogP contribution in [0.15, 0.2) is 76.8 Å². The molecule has 3 fully saturated rings. The average molecular weight is 733 g/mol. The second-order valence-electron chi connectivity index (χ2n) is 11.2. The zero-order valence-electron chi connectivity index (χ0n) is 21.8. The number of alkyl halides is 3. The molecule has 7 nitrogen and oxygen atoms in total. The first kappa shape index (κ1) is 28.1. The van der Waals surface area contributed by atoms with Crippen molar-refractivity contribution in [3.63, 3.8) is 0 Å². The Hall–Kier alpha value is -2.72. The van der Waals surface area contributed by atoms with Gasteiger partial charge in [0.1, 0.15) is 5.75 Å². The SMILES string of the molecule is O=C1C2CC=C3C(CC4(Cl)C(=O)N(CBr)C(=O)C4(Cl)C3c3c(O)ccc4ccccc34)C2C(=O)N1c1ccc(Br)cc1. The summed E-state index contributed by atoms with van der Waals surface area (Å²) in [5.74, 6) is -5.39. The molecule has 42 heavy (non-hydrogen) atoms. The fourth-order valence-corrected chi connectivity index (χ4v) is 9.18. The molecule has 11 heteroatoms. The largest absolute Gasteiger partial charge is 0.508 e. The molecule has 0 radical (unpaired) electrons. The van der Waals surface area contributed by atoms with Crippen LogP contribution in [0.2, 0.25) is 0 Å². The Morgan fingerprint density at radius 2 is 1.62 bits per heavy atom. The number of anilines is 1. The minimum Gasteiger partial charge on any atom is -0.508 e. The highest BCUT2D eigenvalue weighted by atomic mass is 79.9. The van der Waals surface area contributed by atoms with Gasteiger partial charge in [-0.3, -0.25) is 29.0 Å². The Bertz CT molecular complexity index is 1760. The summed E-state index contributed by atoms with van der Waals surface area (Å²) in [5.41, 5.74) is 1.33. The minimum atomic E-state index is -1.99. The van der Waals surface area contributed by atoms with Crippen molar-refractivity contribution in [1.29, 1.82) is 0 Å². The molecule has 1 N–H and O–H groups in total. The molecule has 7 rings (SSSR count). The van der Waals surface area contributed by atoms with E-state index in [0.29, 0.717) is 22.2 Å². The third-order valence-electron chi connectivity index (χ3n) is 9.34. The Morgan fingerprint density at radius 3 is 2.33 bits per heavy atom. The van der Waals surface area contributed by atoms with Crippen LogP contribution in [0.4, 0.5) is 5.69 Å². The van der Waals surface area contributed by atoms with Gasteiger partial charge in [-0.25, -0.2) is 0 Å². The maximum Gasteiger partial charge on any atom is 0.254 e. The van der Waals surface area contributed by atoms with Crippen LogP contribution in [0.5, 0.6) is 5.75 Å². The van der Waals surface area contributed by atoms with Crippen molar-refractivity contribution < 1.29 is 24.3 Å². The van der Waals surface area contributed by atoms with Crippen LogP contribution in [-0.4, -0.2) is 48.8 Å². The van der Waals surface area contributed by atoms with Crippen molar-refractivity contribution >= 4 is 95.2 Å². The number of amides is 4. The number of imide groups is 2. The first-order valence-corrected chi connectivity index (χ1v) is 16.1. The number of allylic oxidation sites excluding steroid dienone is 2. The number of phenols is 1. The number of nitrogens with zero attached hydrogens (tertiary/aromatic N) is 2. The number of rotatable bonds is 3. The summed E-state index contributed by atoms with van der Waals surface area (Å²) in [4.78, 5) is 54.0. The Morgan fingerprint density at radius 1 is 0.905 bits per heavy atom. The summed E-state index contributed by atoms with van der Waals surface area (Å²) in [6.07, 6.45) is 1.99. The van der Waals surface area contributed by atoms with Crippen LogP contribution in [0.1, 0.15) is 24.3 Å². The molecule has 4 aliphatic rings. The predicted molar refractivity (Wildman–Crippen MR) is 166 cm³/mol. The molecule has 6 atom stereocenters. The molecule has 0 spiro atoms. The molecule has 2 aliphatic carbocycles. The van der Waals surface area contributed by atoms with Crippen molar-refractivity contribution in [2.24, 2.45) is 17.8 Å². The van der Waals surface area contributed by atoms with Crippen molar-refractivity contribution in [3.05, 3.63) is 82.3 Å². The number of benzene rings is 3. The topological polar surface area (TPSA) is 95.0 Å². The van der Waals surface area contributed by atoms with Gasteiger partial charge in [0.2, 0.25) is 11.8 Å². The van der Waals surface area contributed by atoms with E-state index in [0.717, 1.165) is 14.8 Å². The van der Waals surface area contributed by atoms with Gasteiger partial charge in [-0.2, -0.15) is 0 Å². The van der Waals surface area contributed by atoms with E-state index in [2.05, 4.69) is 31.9 Å². The van der Waals surface area contributed by atoms with Gasteiger partial charge >= 0.3 is 0 Å². The number of aromatic hydroxyl groups is 1. The van der Waals surface area contributed by atoms with Crippen molar-refractivity contribution in [2.75, 3.05) is 10.4 Å². The van der Waals surface area contributed by atoms with Gasteiger partial charge < -0.3 is 5.11 Å². The lowest BCUT2D eigenvalue weighted by Gasteiger charge is -2.51. The van der Waals surface area contributed by atoms with E-state index in [9.17, 15) is 24.3 Å². The fourth-order valence-electron chi connectivity index (χ4n) is 7.50. The molecule has 6 unspecified atom stereocenters. The summed E-state index contributed by atoms with van der Waals surface area (Å²) in [7, 11) is 0. The Balaban J connectivity index is 1.45. The third-order valence-corrected chi connectivity index (χ3v) is 11.8. The summed E-state index contributed by atoms with van der Waals surface area (Å²) >= 11 is 21.3.